The van der Waals surface area contributed by atoms with Crippen molar-refractivity contribution in [3.8, 4) is 0 Å². The standard InChI is InChI=1S/C20H19N5O5/c21-15(26)10-24-7-6-11(9-24)8-22-13-3-1-2-12-17(13)20(30)25(19(12)29)14-4-5-16(27)23-18(14)28/h1-3,6-7,9,14,22H,4-5,8,10H2,(H2,21,26)(H,23,27,28). The fourth-order valence-corrected chi connectivity index (χ4v) is 3.73. The first-order chi connectivity index (χ1) is 14.3. The summed E-state index contributed by atoms with van der Waals surface area (Å²) in [5.41, 5.74) is 6.91. The molecule has 10 heteroatoms. The van der Waals surface area contributed by atoms with E-state index in [0.29, 0.717) is 12.2 Å². The average molecular weight is 409 g/mol. The molecule has 10 nitrogen and oxygen atoms in total. The van der Waals surface area contributed by atoms with Gasteiger partial charge in [0.15, 0.2) is 0 Å². The summed E-state index contributed by atoms with van der Waals surface area (Å²) in [6, 6.07) is 5.67. The quantitative estimate of drug-likeness (QED) is 0.573. The number of fused-ring (bicyclic) bond motifs is 1. The van der Waals surface area contributed by atoms with Gasteiger partial charge in [-0.1, -0.05) is 6.07 Å². The minimum atomic E-state index is -1.01. The summed E-state index contributed by atoms with van der Waals surface area (Å²) in [5, 5.41) is 5.31. The van der Waals surface area contributed by atoms with Crippen molar-refractivity contribution in [2.75, 3.05) is 5.32 Å². The third-order valence-corrected chi connectivity index (χ3v) is 5.10. The van der Waals surface area contributed by atoms with Gasteiger partial charge in [-0.05, 0) is 30.2 Å². The van der Waals surface area contributed by atoms with Crippen LogP contribution >= 0.6 is 0 Å². The first-order valence-corrected chi connectivity index (χ1v) is 9.36. The Bertz CT molecular complexity index is 1090. The maximum atomic E-state index is 13.0. The Kier molecular flexibility index (Phi) is 4.82. The van der Waals surface area contributed by atoms with Crippen molar-refractivity contribution < 1.29 is 24.0 Å². The van der Waals surface area contributed by atoms with Crippen molar-refractivity contribution in [3.63, 3.8) is 0 Å². The molecule has 2 aromatic rings. The van der Waals surface area contributed by atoms with E-state index < -0.39 is 35.6 Å². The number of nitrogens with two attached hydrogens (primary N) is 1. The van der Waals surface area contributed by atoms with E-state index in [1.54, 1.807) is 29.1 Å². The van der Waals surface area contributed by atoms with Crippen LogP contribution in [0.15, 0.2) is 36.7 Å². The first-order valence-electron chi connectivity index (χ1n) is 9.36. The normalized spacial score (nSPS) is 18.4. The van der Waals surface area contributed by atoms with Crippen LogP contribution in [0.5, 0.6) is 0 Å². The number of primary amides is 1. The van der Waals surface area contributed by atoms with Gasteiger partial charge in [-0.25, -0.2) is 0 Å². The minimum Gasteiger partial charge on any atom is -0.380 e. The fraction of sp³-hybridized carbons (Fsp3) is 0.250. The average Bonchev–Trinajstić information content (AvgIpc) is 3.23. The van der Waals surface area contributed by atoms with Gasteiger partial charge in [0.05, 0.1) is 11.1 Å². The van der Waals surface area contributed by atoms with Crippen LogP contribution in [-0.4, -0.2) is 45.0 Å². The van der Waals surface area contributed by atoms with Gasteiger partial charge >= 0.3 is 0 Å². The van der Waals surface area contributed by atoms with E-state index in [-0.39, 0.29) is 30.5 Å². The van der Waals surface area contributed by atoms with Gasteiger partial charge in [0.1, 0.15) is 12.6 Å². The van der Waals surface area contributed by atoms with Crippen molar-refractivity contribution in [1.82, 2.24) is 14.8 Å². The fourth-order valence-electron chi connectivity index (χ4n) is 3.73. The maximum Gasteiger partial charge on any atom is 0.264 e. The number of rotatable bonds is 6. The van der Waals surface area contributed by atoms with Gasteiger partial charge in [-0.15, -0.1) is 0 Å². The summed E-state index contributed by atoms with van der Waals surface area (Å²) in [6.07, 6.45) is 3.64. The number of carbonyl (C=O) groups is 5. The second-order valence-corrected chi connectivity index (χ2v) is 7.19. The molecule has 4 rings (SSSR count). The Balaban J connectivity index is 1.54. The number of benzene rings is 1. The molecule has 1 aromatic carbocycles. The van der Waals surface area contributed by atoms with Crippen LogP contribution < -0.4 is 16.4 Å². The number of piperidine rings is 1. The lowest BCUT2D eigenvalue weighted by Gasteiger charge is -2.27. The molecule has 0 saturated carbocycles. The summed E-state index contributed by atoms with van der Waals surface area (Å²) in [5.74, 6) is -2.65. The summed E-state index contributed by atoms with van der Waals surface area (Å²) < 4.78 is 1.65. The number of anilines is 1. The van der Waals surface area contributed by atoms with E-state index >= 15 is 0 Å². The van der Waals surface area contributed by atoms with Gasteiger partial charge < -0.3 is 15.6 Å². The molecule has 0 spiro atoms. The number of hydrogen-bond donors (Lipinski definition) is 3. The molecule has 0 aliphatic carbocycles. The van der Waals surface area contributed by atoms with Crippen LogP contribution in [0, 0.1) is 0 Å². The largest absolute Gasteiger partial charge is 0.380 e. The smallest absolute Gasteiger partial charge is 0.264 e. The summed E-state index contributed by atoms with van der Waals surface area (Å²) in [4.78, 5) is 61.4. The zero-order valence-corrected chi connectivity index (χ0v) is 15.9. The highest BCUT2D eigenvalue weighted by atomic mass is 16.2. The molecule has 4 N–H and O–H groups in total. The molecule has 2 aliphatic rings. The van der Waals surface area contributed by atoms with Gasteiger partial charge in [-0.2, -0.15) is 0 Å². The van der Waals surface area contributed by atoms with Crippen LogP contribution in [0.1, 0.15) is 39.1 Å². The molecule has 154 valence electrons. The first kappa shape index (κ1) is 19.4. The molecular weight excluding hydrogens is 390 g/mol. The number of hydrogen-bond acceptors (Lipinski definition) is 6. The third kappa shape index (κ3) is 3.43. The summed E-state index contributed by atoms with van der Waals surface area (Å²) in [7, 11) is 0. The second-order valence-electron chi connectivity index (χ2n) is 7.19. The molecule has 1 unspecified atom stereocenters. The molecule has 30 heavy (non-hydrogen) atoms. The molecule has 1 saturated heterocycles. The minimum absolute atomic E-state index is 0.0641. The Morgan fingerprint density at radius 3 is 2.70 bits per heavy atom. The Hall–Kier alpha value is -3.95. The van der Waals surface area contributed by atoms with E-state index in [2.05, 4.69) is 10.6 Å². The van der Waals surface area contributed by atoms with Gasteiger partial charge in [-0.3, -0.25) is 34.2 Å². The van der Waals surface area contributed by atoms with Crippen molar-refractivity contribution in [2.45, 2.75) is 32.0 Å². The zero-order valence-electron chi connectivity index (χ0n) is 15.9. The Labute approximate surface area is 171 Å². The highest BCUT2D eigenvalue weighted by Crippen LogP contribution is 2.32. The Morgan fingerprint density at radius 1 is 1.17 bits per heavy atom. The summed E-state index contributed by atoms with van der Waals surface area (Å²) in [6.45, 7) is 0.413. The monoisotopic (exact) mass is 409 g/mol. The predicted octanol–water partition coefficient (Wildman–Crippen LogP) is -0.0133. The van der Waals surface area contributed by atoms with Crippen molar-refractivity contribution >= 4 is 35.2 Å². The number of nitrogens with one attached hydrogen (secondary N) is 2. The van der Waals surface area contributed by atoms with Crippen LogP contribution in [0.3, 0.4) is 0 Å². The molecule has 1 fully saturated rings. The number of carbonyl (C=O) groups excluding carboxylic acids is 5. The van der Waals surface area contributed by atoms with Crippen LogP contribution in [0.25, 0.3) is 0 Å². The molecule has 5 amide bonds. The zero-order chi connectivity index (χ0) is 21.4. The molecule has 0 radical (unpaired) electrons. The lowest BCUT2D eigenvalue weighted by molar-refractivity contribution is -0.136. The number of amides is 5. The SMILES string of the molecule is NC(=O)Cn1ccc(CNc2cccc3c2C(=O)N(C2CCC(=O)NC2=O)C3=O)c1. The maximum absolute atomic E-state index is 13.0. The van der Waals surface area contributed by atoms with Gasteiger partial charge in [0.2, 0.25) is 17.7 Å². The number of imide groups is 2. The molecular formula is C20H19N5O5. The molecule has 2 aliphatic heterocycles. The van der Waals surface area contributed by atoms with Crippen LogP contribution in [-0.2, 0) is 27.5 Å². The lowest BCUT2D eigenvalue weighted by atomic mass is 10.0. The van der Waals surface area contributed by atoms with E-state index in [0.717, 1.165) is 10.5 Å². The second kappa shape index (κ2) is 7.47. The summed E-state index contributed by atoms with van der Waals surface area (Å²) >= 11 is 0. The van der Waals surface area contributed by atoms with Crippen molar-refractivity contribution in [2.24, 2.45) is 5.73 Å². The Morgan fingerprint density at radius 2 is 1.97 bits per heavy atom. The van der Waals surface area contributed by atoms with Crippen molar-refractivity contribution in [1.29, 1.82) is 0 Å². The van der Waals surface area contributed by atoms with Crippen LogP contribution in [0.4, 0.5) is 5.69 Å². The number of aromatic nitrogens is 1. The van der Waals surface area contributed by atoms with Crippen LogP contribution in [0.2, 0.25) is 0 Å². The molecule has 0 bridgehead atoms. The van der Waals surface area contributed by atoms with Gasteiger partial charge in [0, 0.05) is 31.0 Å². The predicted molar refractivity (Wildman–Crippen MR) is 104 cm³/mol. The topological polar surface area (TPSA) is 144 Å². The van der Waals surface area contributed by atoms with Gasteiger partial charge in [0.25, 0.3) is 11.8 Å². The molecule has 1 aromatic heterocycles. The number of nitrogens with zero attached hydrogens (tertiary/aromatic N) is 2. The highest BCUT2D eigenvalue weighted by Gasteiger charge is 2.45. The van der Waals surface area contributed by atoms with Crippen molar-refractivity contribution in [3.05, 3.63) is 53.3 Å². The van der Waals surface area contributed by atoms with E-state index in [1.165, 1.54) is 6.07 Å². The molecule has 3 heterocycles. The van der Waals surface area contributed by atoms with E-state index in [1.807, 2.05) is 6.07 Å². The van der Waals surface area contributed by atoms with E-state index in [4.69, 9.17) is 5.73 Å². The molecule has 1 atom stereocenters. The third-order valence-electron chi connectivity index (χ3n) is 5.10. The lowest BCUT2D eigenvalue weighted by Crippen LogP contribution is -2.54. The van der Waals surface area contributed by atoms with E-state index in [9.17, 15) is 24.0 Å². The highest BCUT2D eigenvalue weighted by molar-refractivity contribution is 6.25.